The smallest absolute Gasteiger partial charge is 0.222 e. The molecule has 25 heavy (non-hydrogen) atoms. The van der Waals surface area contributed by atoms with Crippen molar-refractivity contribution in [3.8, 4) is 5.75 Å². The van der Waals surface area contributed by atoms with E-state index in [4.69, 9.17) is 10.9 Å². The second kappa shape index (κ2) is 11.2. The molecule has 6 N–H and O–H groups in total. The Hall–Kier alpha value is -2.45. The minimum Gasteiger partial charge on any atom is -0.508 e. The molecule has 0 spiro atoms. The molecule has 0 saturated heterocycles. The van der Waals surface area contributed by atoms with Crippen LogP contribution in [0.3, 0.4) is 0 Å². The number of aliphatic imine (C=N–C) groups is 1. The van der Waals surface area contributed by atoms with E-state index in [1.807, 2.05) is 0 Å². The van der Waals surface area contributed by atoms with Crippen LogP contribution in [0, 0.1) is 0 Å². The van der Waals surface area contributed by atoms with Crippen LogP contribution in [0.1, 0.15) is 31.7 Å². The molecule has 8 heteroatoms. The zero-order valence-electron chi connectivity index (χ0n) is 14.3. The first kappa shape index (κ1) is 20.6. The molecule has 8 nitrogen and oxygen atoms in total. The molecule has 2 atom stereocenters. The lowest BCUT2D eigenvalue weighted by atomic mass is 10.0. The third-order valence-electron chi connectivity index (χ3n) is 3.76. The molecule has 0 aromatic heterocycles. The number of ketones is 1. The number of nitrogens with one attached hydrogen (secondary N) is 2. The summed E-state index contributed by atoms with van der Waals surface area (Å²) in [6.45, 7) is 1.94. The summed E-state index contributed by atoms with van der Waals surface area (Å²) >= 11 is 0. The Morgan fingerprint density at radius 2 is 2.00 bits per heavy atom. The van der Waals surface area contributed by atoms with Gasteiger partial charge in [-0.1, -0.05) is 12.1 Å². The number of aromatic hydroxyl groups is 1. The largest absolute Gasteiger partial charge is 0.508 e. The van der Waals surface area contributed by atoms with Gasteiger partial charge in [-0.05, 0) is 43.9 Å². The third-order valence-corrected chi connectivity index (χ3v) is 3.76. The predicted octanol–water partition coefficient (Wildman–Crippen LogP) is 0.513. The van der Waals surface area contributed by atoms with Gasteiger partial charge in [-0.3, -0.25) is 14.6 Å². The number of hydrogen-bond acceptors (Lipinski definition) is 6. The first-order valence-electron chi connectivity index (χ1n) is 8.13. The summed E-state index contributed by atoms with van der Waals surface area (Å²) in [7, 11) is 0. The molecule has 1 rings (SSSR count). The minimum atomic E-state index is -0.654. The van der Waals surface area contributed by atoms with Gasteiger partial charge in [0.2, 0.25) is 5.91 Å². The van der Waals surface area contributed by atoms with E-state index < -0.39 is 12.1 Å². The third kappa shape index (κ3) is 8.27. The van der Waals surface area contributed by atoms with Gasteiger partial charge in [0.1, 0.15) is 5.75 Å². The highest BCUT2D eigenvalue weighted by molar-refractivity contribution is 5.87. The monoisotopic (exact) mass is 350 g/mol. The number of rotatable bonds is 11. The van der Waals surface area contributed by atoms with Crippen molar-refractivity contribution in [1.82, 2.24) is 10.8 Å². The fourth-order valence-corrected chi connectivity index (χ4v) is 2.36. The first-order valence-corrected chi connectivity index (χ1v) is 8.13. The summed E-state index contributed by atoms with van der Waals surface area (Å²) in [5.41, 5.74) is 8.09. The van der Waals surface area contributed by atoms with Crippen molar-refractivity contribution >= 4 is 18.0 Å². The van der Waals surface area contributed by atoms with Gasteiger partial charge in [0.25, 0.3) is 0 Å². The van der Waals surface area contributed by atoms with Crippen molar-refractivity contribution < 1.29 is 19.9 Å². The summed E-state index contributed by atoms with van der Waals surface area (Å²) in [5.74, 6) is -0.344. The van der Waals surface area contributed by atoms with Gasteiger partial charge >= 0.3 is 0 Å². The Labute approximate surface area is 147 Å². The van der Waals surface area contributed by atoms with E-state index in [2.05, 4.69) is 15.8 Å². The second-order valence-corrected chi connectivity index (χ2v) is 5.83. The SMILES string of the molecule is CC(=O)C(Cc1ccc(O)cc1)NC(=O)CC(CCCN=CN)NO. The molecule has 0 saturated carbocycles. The van der Waals surface area contributed by atoms with E-state index in [1.54, 1.807) is 12.1 Å². The van der Waals surface area contributed by atoms with E-state index in [0.29, 0.717) is 25.8 Å². The van der Waals surface area contributed by atoms with Crippen molar-refractivity contribution in [2.75, 3.05) is 6.54 Å². The Balaban J connectivity index is 2.54. The highest BCUT2D eigenvalue weighted by Crippen LogP contribution is 2.12. The van der Waals surface area contributed by atoms with Crippen LogP contribution in [-0.4, -0.2) is 47.0 Å². The van der Waals surface area contributed by atoms with Gasteiger partial charge in [-0.25, -0.2) is 5.48 Å². The van der Waals surface area contributed by atoms with Crippen LogP contribution in [0.15, 0.2) is 29.3 Å². The predicted molar refractivity (Wildman–Crippen MR) is 94.5 cm³/mol. The molecule has 0 aliphatic carbocycles. The Morgan fingerprint density at radius 3 is 2.56 bits per heavy atom. The average molecular weight is 350 g/mol. The number of hydrogen-bond donors (Lipinski definition) is 5. The van der Waals surface area contributed by atoms with Crippen LogP contribution in [0.4, 0.5) is 0 Å². The summed E-state index contributed by atoms with van der Waals surface area (Å²) in [5, 5.41) is 21.1. The summed E-state index contributed by atoms with van der Waals surface area (Å²) in [6, 6.07) is 5.39. The normalized spacial score (nSPS) is 13.5. The number of nitrogens with zero attached hydrogens (tertiary/aromatic N) is 1. The maximum absolute atomic E-state index is 12.2. The van der Waals surface area contributed by atoms with Crippen molar-refractivity contribution in [2.24, 2.45) is 10.7 Å². The number of hydroxylamine groups is 1. The van der Waals surface area contributed by atoms with Gasteiger partial charge in [0.15, 0.2) is 5.78 Å². The molecule has 138 valence electrons. The Kier molecular flexibility index (Phi) is 9.20. The molecular formula is C17H26N4O4. The number of Topliss-reactive ketones (excluding diaryl/α,β-unsaturated/α-hetero) is 1. The highest BCUT2D eigenvalue weighted by Gasteiger charge is 2.20. The molecule has 1 amide bonds. The Bertz CT molecular complexity index is 575. The number of phenolic OH excluding ortho intramolecular Hbond substituents is 1. The van der Waals surface area contributed by atoms with Crippen LogP contribution in [0.2, 0.25) is 0 Å². The maximum Gasteiger partial charge on any atom is 0.222 e. The van der Waals surface area contributed by atoms with Gasteiger partial charge in [-0.15, -0.1) is 0 Å². The van der Waals surface area contributed by atoms with Gasteiger partial charge in [-0.2, -0.15) is 0 Å². The highest BCUT2D eigenvalue weighted by atomic mass is 16.5. The molecule has 2 unspecified atom stereocenters. The number of phenols is 1. The number of amides is 1. The fourth-order valence-electron chi connectivity index (χ4n) is 2.36. The zero-order valence-corrected chi connectivity index (χ0v) is 14.3. The molecule has 0 heterocycles. The van der Waals surface area contributed by atoms with Crippen LogP contribution >= 0.6 is 0 Å². The summed E-state index contributed by atoms with van der Waals surface area (Å²) in [4.78, 5) is 27.8. The number of carbonyl (C=O) groups excluding carboxylic acids is 2. The lowest BCUT2D eigenvalue weighted by Gasteiger charge is -2.19. The molecule has 0 bridgehead atoms. The molecule has 1 aromatic rings. The topological polar surface area (TPSA) is 137 Å². The number of nitrogens with two attached hydrogens (primary N) is 1. The van der Waals surface area contributed by atoms with E-state index in [1.165, 1.54) is 25.4 Å². The van der Waals surface area contributed by atoms with Crippen molar-refractivity contribution in [3.63, 3.8) is 0 Å². The Morgan fingerprint density at radius 1 is 1.32 bits per heavy atom. The second-order valence-electron chi connectivity index (χ2n) is 5.83. The van der Waals surface area contributed by atoms with Crippen LogP contribution in [0.25, 0.3) is 0 Å². The molecule has 0 aliphatic heterocycles. The van der Waals surface area contributed by atoms with Crippen molar-refractivity contribution in [1.29, 1.82) is 0 Å². The fraction of sp³-hybridized carbons (Fsp3) is 0.471. The van der Waals surface area contributed by atoms with E-state index >= 15 is 0 Å². The molecule has 1 aromatic carbocycles. The van der Waals surface area contributed by atoms with Crippen molar-refractivity contribution in [3.05, 3.63) is 29.8 Å². The lowest BCUT2D eigenvalue weighted by Crippen LogP contribution is -2.43. The zero-order chi connectivity index (χ0) is 18.7. The number of benzene rings is 1. The van der Waals surface area contributed by atoms with Crippen LogP contribution < -0.4 is 16.5 Å². The molecule has 0 radical (unpaired) electrons. The molecule has 0 fully saturated rings. The van der Waals surface area contributed by atoms with Crippen LogP contribution in [0.5, 0.6) is 5.75 Å². The minimum absolute atomic E-state index is 0.0438. The molecular weight excluding hydrogens is 324 g/mol. The van der Waals surface area contributed by atoms with Crippen LogP contribution in [-0.2, 0) is 16.0 Å². The average Bonchev–Trinajstić information content (AvgIpc) is 2.58. The van der Waals surface area contributed by atoms with E-state index in [9.17, 15) is 14.7 Å². The van der Waals surface area contributed by atoms with Gasteiger partial charge in [0, 0.05) is 19.0 Å². The van der Waals surface area contributed by atoms with E-state index in [0.717, 1.165) is 5.56 Å². The van der Waals surface area contributed by atoms with Crippen molar-refractivity contribution in [2.45, 2.75) is 44.7 Å². The first-order chi connectivity index (χ1) is 12.0. The lowest BCUT2D eigenvalue weighted by molar-refractivity contribution is -0.127. The maximum atomic E-state index is 12.2. The van der Waals surface area contributed by atoms with Gasteiger partial charge in [0.05, 0.1) is 12.4 Å². The number of carbonyl (C=O) groups is 2. The molecule has 0 aliphatic rings. The van der Waals surface area contributed by atoms with E-state index in [-0.39, 0.29) is 23.9 Å². The summed E-state index contributed by atoms with van der Waals surface area (Å²) < 4.78 is 0. The quantitative estimate of drug-likeness (QED) is 0.171. The standard InChI is InChI=1S/C17H26N4O4/c1-12(22)16(9-13-4-6-15(23)7-5-13)20-17(24)10-14(21-25)3-2-8-19-11-18/h4-7,11,14,16,21,23,25H,2-3,8-10H2,1H3,(H2,18,19)(H,20,24). The summed E-state index contributed by atoms with van der Waals surface area (Å²) in [6.07, 6.45) is 2.81. The van der Waals surface area contributed by atoms with Gasteiger partial charge < -0.3 is 21.4 Å².